The number of hydrazone groups is 1. The topological polar surface area (TPSA) is 144 Å². The Morgan fingerprint density at radius 1 is 1.09 bits per heavy atom. The Balaban J connectivity index is 2.05. The van der Waals surface area contributed by atoms with Crippen LogP contribution in [0.2, 0.25) is 0 Å². The minimum atomic E-state index is -0.914. The molecule has 0 aliphatic carbocycles. The minimum Gasteiger partial charge on any atom is -0.464 e. The first kappa shape index (κ1) is 26.2. The lowest BCUT2D eigenvalue weighted by molar-refractivity contribution is -0.145. The van der Waals surface area contributed by atoms with E-state index in [4.69, 9.17) is 15.3 Å². The van der Waals surface area contributed by atoms with Crippen LogP contribution in [-0.2, 0) is 20.7 Å². The second kappa shape index (κ2) is 12.2. The Morgan fingerprint density at radius 2 is 1.79 bits per heavy atom. The van der Waals surface area contributed by atoms with Crippen molar-refractivity contribution in [3.05, 3.63) is 59.7 Å². The van der Waals surface area contributed by atoms with Gasteiger partial charge in [0.15, 0.2) is 0 Å². The van der Waals surface area contributed by atoms with Crippen LogP contribution in [0.1, 0.15) is 43.6 Å². The molecule has 0 aliphatic rings. The van der Waals surface area contributed by atoms with Gasteiger partial charge in [-0.3, -0.25) is 4.79 Å². The van der Waals surface area contributed by atoms with Crippen molar-refractivity contribution in [2.75, 3.05) is 17.2 Å². The van der Waals surface area contributed by atoms with Crippen LogP contribution in [0.3, 0.4) is 0 Å². The fourth-order valence-corrected chi connectivity index (χ4v) is 2.91. The standard InChI is InChI=1S/C24H31N5O5/c1-5-33-22(31)20(29-23(32)34-24(2,3)4)13-16-9-11-18(12-10-16)28-21(30)17-7-6-8-19(14-17)26-15-27-25/h6-12,14-15,20H,5,13,25H2,1-4H3,(H,26,27)(H,28,30)(H,29,32)/t20-/m0/s1. The van der Waals surface area contributed by atoms with Gasteiger partial charge in [0.05, 0.1) is 6.61 Å². The van der Waals surface area contributed by atoms with Crippen LogP contribution < -0.4 is 21.8 Å². The molecular formula is C24H31N5O5. The molecule has 0 spiro atoms. The minimum absolute atomic E-state index is 0.187. The van der Waals surface area contributed by atoms with Crippen molar-refractivity contribution in [1.29, 1.82) is 0 Å². The molecule has 2 aromatic carbocycles. The molecule has 1 atom stereocenters. The quantitative estimate of drug-likeness (QED) is 0.145. The fraction of sp³-hybridized carbons (Fsp3) is 0.333. The van der Waals surface area contributed by atoms with Crippen molar-refractivity contribution in [3.63, 3.8) is 0 Å². The molecule has 0 aromatic heterocycles. The largest absolute Gasteiger partial charge is 0.464 e. The highest BCUT2D eigenvalue weighted by molar-refractivity contribution is 6.05. The zero-order valence-corrected chi connectivity index (χ0v) is 19.8. The second-order valence-electron chi connectivity index (χ2n) is 8.31. The Kier molecular flexibility index (Phi) is 9.42. The van der Waals surface area contributed by atoms with Crippen molar-refractivity contribution in [3.8, 4) is 0 Å². The molecule has 0 bridgehead atoms. The summed E-state index contributed by atoms with van der Waals surface area (Å²) in [7, 11) is 0. The summed E-state index contributed by atoms with van der Waals surface area (Å²) < 4.78 is 10.3. The molecule has 0 saturated heterocycles. The van der Waals surface area contributed by atoms with E-state index in [0.717, 1.165) is 5.56 Å². The number of benzene rings is 2. The van der Waals surface area contributed by atoms with Gasteiger partial charge in [-0.2, -0.15) is 5.10 Å². The van der Waals surface area contributed by atoms with E-state index in [1.807, 2.05) is 0 Å². The number of amides is 2. The van der Waals surface area contributed by atoms with Crippen LogP contribution in [0.25, 0.3) is 0 Å². The van der Waals surface area contributed by atoms with Gasteiger partial charge in [0.25, 0.3) is 5.91 Å². The lowest BCUT2D eigenvalue weighted by Crippen LogP contribution is -2.45. The number of nitrogens with one attached hydrogen (secondary N) is 3. The number of ether oxygens (including phenoxy) is 2. The number of rotatable bonds is 9. The summed E-state index contributed by atoms with van der Waals surface area (Å²) in [6.07, 6.45) is 0.809. The number of carbonyl (C=O) groups excluding carboxylic acids is 3. The first-order valence-corrected chi connectivity index (χ1v) is 10.8. The van der Waals surface area contributed by atoms with E-state index >= 15 is 0 Å². The second-order valence-corrected chi connectivity index (χ2v) is 8.31. The number of alkyl carbamates (subject to hydrolysis) is 1. The van der Waals surface area contributed by atoms with E-state index in [2.05, 4.69) is 21.1 Å². The van der Waals surface area contributed by atoms with E-state index in [1.165, 1.54) is 6.34 Å². The third kappa shape index (κ3) is 8.81. The van der Waals surface area contributed by atoms with Gasteiger partial charge in [0.2, 0.25) is 0 Å². The number of hydrogen-bond donors (Lipinski definition) is 4. The summed E-state index contributed by atoms with van der Waals surface area (Å²) in [5.41, 5.74) is 1.75. The number of nitrogens with two attached hydrogens (primary N) is 1. The molecule has 2 amide bonds. The van der Waals surface area contributed by atoms with Crippen molar-refractivity contribution >= 4 is 35.7 Å². The van der Waals surface area contributed by atoms with Crippen molar-refractivity contribution in [2.24, 2.45) is 10.9 Å². The lowest BCUT2D eigenvalue weighted by Gasteiger charge is -2.23. The van der Waals surface area contributed by atoms with Gasteiger partial charge in [0, 0.05) is 23.4 Å². The number of anilines is 2. The van der Waals surface area contributed by atoms with Crippen LogP contribution in [0.4, 0.5) is 16.2 Å². The SMILES string of the molecule is CCOC(=O)[C@H](Cc1ccc(NC(=O)c2cccc(NC=NN)c2)cc1)NC(=O)OC(C)(C)C. The number of nitrogens with zero attached hydrogens (tertiary/aromatic N) is 1. The molecule has 10 nitrogen and oxygen atoms in total. The Morgan fingerprint density at radius 3 is 2.41 bits per heavy atom. The summed E-state index contributed by atoms with van der Waals surface area (Å²) in [5.74, 6) is 4.22. The van der Waals surface area contributed by atoms with Gasteiger partial charge in [0.1, 0.15) is 18.0 Å². The smallest absolute Gasteiger partial charge is 0.408 e. The molecular weight excluding hydrogens is 438 g/mol. The van der Waals surface area contributed by atoms with E-state index in [9.17, 15) is 14.4 Å². The normalized spacial score (nSPS) is 12.0. The average Bonchev–Trinajstić information content (AvgIpc) is 2.77. The Hall–Kier alpha value is -4.08. The number of hydrogen-bond acceptors (Lipinski definition) is 7. The van der Waals surface area contributed by atoms with Gasteiger partial charge in [-0.25, -0.2) is 9.59 Å². The van der Waals surface area contributed by atoms with Crippen LogP contribution in [0.15, 0.2) is 53.6 Å². The predicted octanol–water partition coefficient (Wildman–Crippen LogP) is 3.25. The molecule has 5 N–H and O–H groups in total. The van der Waals surface area contributed by atoms with Crippen molar-refractivity contribution in [2.45, 2.75) is 45.8 Å². The molecule has 0 radical (unpaired) electrons. The monoisotopic (exact) mass is 469 g/mol. The van der Waals surface area contributed by atoms with Crippen molar-refractivity contribution in [1.82, 2.24) is 5.32 Å². The van der Waals surface area contributed by atoms with Crippen molar-refractivity contribution < 1.29 is 23.9 Å². The highest BCUT2D eigenvalue weighted by Crippen LogP contribution is 2.16. The molecule has 182 valence electrons. The maximum absolute atomic E-state index is 12.6. The zero-order chi connectivity index (χ0) is 25.1. The van der Waals surface area contributed by atoms with Crippen LogP contribution >= 0.6 is 0 Å². The van der Waals surface area contributed by atoms with E-state index in [0.29, 0.717) is 16.9 Å². The summed E-state index contributed by atoms with van der Waals surface area (Å²) in [4.78, 5) is 37.1. The maximum Gasteiger partial charge on any atom is 0.408 e. The Bertz CT molecular complexity index is 1020. The first-order chi connectivity index (χ1) is 16.1. The highest BCUT2D eigenvalue weighted by Gasteiger charge is 2.25. The fourth-order valence-electron chi connectivity index (χ4n) is 2.91. The number of carbonyl (C=O) groups is 3. The van der Waals surface area contributed by atoms with Crippen LogP contribution in [-0.4, -0.2) is 42.6 Å². The van der Waals surface area contributed by atoms with Gasteiger partial charge in [-0.15, -0.1) is 0 Å². The van der Waals surface area contributed by atoms with E-state index in [1.54, 1.807) is 76.2 Å². The molecule has 0 heterocycles. The third-order valence-corrected chi connectivity index (χ3v) is 4.34. The zero-order valence-electron chi connectivity index (χ0n) is 19.8. The molecule has 2 aromatic rings. The van der Waals surface area contributed by atoms with E-state index < -0.39 is 23.7 Å². The molecule has 0 fully saturated rings. The van der Waals surface area contributed by atoms with Crippen LogP contribution in [0.5, 0.6) is 0 Å². The molecule has 34 heavy (non-hydrogen) atoms. The summed E-state index contributed by atoms with van der Waals surface area (Å²) in [6, 6.07) is 12.9. The van der Waals surface area contributed by atoms with Gasteiger partial charge >= 0.3 is 12.1 Å². The molecule has 0 aliphatic heterocycles. The average molecular weight is 470 g/mol. The van der Waals surface area contributed by atoms with Gasteiger partial charge in [-0.05, 0) is 63.6 Å². The maximum atomic E-state index is 12.6. The lowest BCUT2D eigenvalue weighted by atomic mass is 10.1. The molecule has 10 heteroatoms. The number of esters is 1. The predicted molar refractivity (Wildman–Crippen MR) is 131 cm³/mol. The highest BCUT2D eigenvalue weighted by atomic mass is 16.6. The van der Waals surface area contributed by atoms with Gasteiger partial charge < -0.3 is 31.3 Å². The summed E-state index contributed by atoms with van der Waals surface area (Å²) >= 11 is 0. The van der Waals surface area contributed by atoms with Crippen LogP contribution in [0, 0.1) is 0 Å². The van der Waals surface area contributed by atoms with Gasteiger partial charge in [-0.1, -0.05) is 18.2 Å². The Labute approximate surface area is 198 Å². The molecule has 2 rings (SSSR count). The third-order valence-electron chi connectivity index (χ3n) is 4.34. The first-order valence-electron chi connectivity index (χ1n) is 10.8. The summed E-state index contributed by atoms with van der Waals surface area (Å²) in [6.45, 7) is 7.09. The summed E-state index contributed by atoms with van der Waals surface area (Å²) in [5, 5.41) is 11.6. The molecule has 0 unspecified atom stereocenters. The molecule has 0 saturated carbocycles. The van der Waals surface area contributed by atoms with E-state index in [-0.39, 0.29) is 18.9 Å².